The van der Waals surface area contributed by atoms with Crippen molar-refractivity contribution in [1.82, 2.24) is 10.6 Å². The quantitative estimate of drug-likeness (QED) is 0.781. The molecule has 0 bridgehead atoms. The van der Waals surface area contributed by atoms with E-state index in [4.69, 9.17) is 0 Å². The fourth-order valence-electron chi connectivity index (χ4n) is 2.01. The van der Waals surface area contributed by atoms with Gasteiger partial charge in [0.15, 0.2) is 0 Å². The topological polar surface area (TPSA) is 70.2 Å². The first-order valence-electron chi connectivity index (χ1n) is 7.74. The molecule has 5 heteroatoms. The smallest absolute Gasteiger partial charge is 0.251 e. The molecule has 0 spiro atoms. The average molecular weight is 303 g/mol. The van der Waals surface area contributed by atoms with Gasteiger partial charge in [0.1, 0.15) is 6.04 Å². The first-order chi connectivity index (χ1) is 10.2. The molecule has 3 N–H and O–H groups in total. The zero-order chi connectivity index (χ0) is 16.3. The molecule has 0 aromatic heterocycles. The Morgan fingerprint density at radius 3 is 2.23 bits per heavy atom. The van der Waals surface area contributed by atoms with Gasteiger partial charge in [-0.25, -0.2) is 0 Å². The normalized spacial score (nSPS) is 15.8. The summed E-state index contributed by atoms with van der Waals surface area (Å²) in [4.78, 5) is 23.9. The van der Waals surface area contributed by atoms with Crippen molar-refractivity contribution in [3.8, 4) is 0 Å². The Morgan fingerprint density at radius 1 is 1.14 bits per heavy atom. The molecule has 2 rings (SSSR count). The van der Waals surface area contributed by atoms with Gasteiger partial charge in [-0.3, -0.25) is 9.59 Å². The summed E-state index contributed by atoms with van der Waals surface area (Å²) in [6, 6.07) is 7.20. The molecule has 1 fully saturated rings. The van der Waals surface area contributed by atoms with Crippen LogP contribution < -0.4 is 16.0 Å². The molecule has 1 aliphatic rings. The van der Waals surface area contributed by atoms with Crippen LogP contribution in [0.25, 0.3) is 0 Å². The maximum absolute atomic E-state index is 12.0. The van der Waals surface area contributed by atoms with Gasteiger partial charge in [-0.05, 0) is 64.8 Å². The molecule has 0 heterocycles. The van der Waals surface area contributed by atoms with Gasteiger partial charge in [0.05, 0.1) is 0 Å². The number of carbonyl (C=O) groups is 2. The van der Waals surface area contributed by atoms with E-state index in [1.807, 2.05) is 39.8 Å². The number of nitrogens with one attached hydrogen (secondary N) is 3. The van der Waals surface area contributed by atoms with Gasteiger partial charge >= 0.3 is 0 Å². The van der Waals surface area contributed by atoms with Gasteiger partial charge < -0.3 is 16.0 Å². The van der Waals surface area contributed by atoms with Crippen molar-refractivity contribution < 1.29 is 9.59 Å². The van der Waals surface area contributed by atoms with Gasteiger partial charge in [-0.15, -0.1) is 0 Å². The lowest BCUT2D eigenvalue weighted by Crippen LogP contribution is -2.47. The van der Waals surface area contributed by atoms with Crippen LogP contribution in [0.2, 0.25) is 0 Å². The molecular weight excluding hydrogens is 278 g/mol. The highest BCUT2D eigenvalue weighted by Gasteiger charge is 2.23. The Labute approximate surface area is 131 Å². The van der Waals surface area contributed by atoms with Crippen LogP contribution in [0.15, 0.2) is 24.3 Å². The van der Waals surface area contributed by atoms with E-state index < -0.39 is 0 Å². The summed E-state index contributed by atoms with van der Waals surface area (Å²) in [5.41, 5.74) is 1.21. The van der Waals surface area contributed by atoms with Gasteiger partial charge in [0.25, 0.3) is 5.91 Å². The van der Waals surface area contributed by atoms with Crippen molar-refractivity contribution in [1.29, 1.82) is 0 Å². The Bertz CT molecular complexity index is 542. The molecule has 0 saturated heterocycles. The summed E-state index contributed by atoms with van der Waals surface area (Å²) >= 11 is 0. The third-order valence-electron chi connectivity index (χ3n) is 3.33. The van der Waals surface area contributed by atoms with E-state index in [1.165, 1.54) is 0 Å². The largest absolute Gasteiger partial charge is 0.374 e. The van der Waals surface area contributed by atoms with Gasteiger partial charge in [0.2, 0.25) is 5.91 Å². The molecule has 0 radical (unpaired) electrons. The summed E-state index contributed by atoms with van der Waals surface area (Å²) in [6.07, 6.45) is 2.15. The predicted molar refractivity (Wildman–Crippen MR) is 87.9 cm³/mol. The fraction of sp³-hybridized carbons (Fsp3) is 0.529. The van der Waals surface area contributed by atoms with Crippen molar-refractivity contribution in [2.75, 3.05) is 5.32 Å². The molecule has 1 atom stereocenters. The first kappa shape index (κ1) is 16.3. The average Bonchev–Trinajstić information content (AvgIpc) is 3.21. The summed E-state index contributed by atoms with van der Waals surface area (Å²) < 4.78 is 0. The number of benzene rings is 1. The fourth-order valence-corrected chi connectivity index (χ4v) is 2.01. The van der Waals surface area contributed by atoms with Crippen molar-refractivity contribution >= 4 is 17.5 Å². The highest BCUT2D eigenvalue weighted by Crippen LogP contribution is 2.19. The monoisotopic (exact) mass is 303 g/mol. The third-order valence-corrected chi connectivity index (χ3v) is 3.33. The lowest BCUT2D eigenvalue weighted by molar-refractivity contribution is -0.122. The molecule has 1 aromatic rings. The number of carbonyl (C=O) groups excluding carboxylic acids is 2. The number of rotatable bonds is 5. The van der Waals surface area contributed by atoms with E-state index in [1.54, 1.807) is 12.1 Å². The van der Waals surface area contributed by atoms with Crippen LogP contribution in [0.3, 0.4) is 0 Å². The molecule has 5 nitrogen and oxygen atoms in total. The zero-order valence-corrected chi connectivity index (χ0v) is 13.7. The maximum Gasteiger partial charge on any atom is 0.251 e. The highest BCUT2D eigenvalue weighted by atomic mass is 16.2. The number of amides is 2. The molecule has 2 amide bonds. The summed E-state index contributed by atoms with van der Waals surface area (Å²) in [7, 11) is 0. The minimum atomic E-state index is -0.342. The lowest BCUT2D eigenvalue weighted by Gasteiger charge is -2.24. The molecule has 22 heavy (non-hydrogen) atoms. The van der Waals surface area contributed by atoms with Gasteiger partial charge in [-0.1, -0.05) is 0 Å². The standard InChI is InChI=1S/C17H25N3O2/c1-11(15(21)20-17(2,3)4)18-13-7-5-12(6-8-13)16(22)19-14-9-10-14/h5-8,11,14,18H,9-10H2,1-4H3,(H,19,22)(H,20,21). The SMILES string of the molecule is CC(Nc1ccc(C(=O)NC2CC2)cc1)C(=O)NC(C)(C)C. The van der Waals surface area contributed by atoms with E-state index in [2.05, 4.69) is 16.0 Å². The van der Waals surface area contributed by atoms with Crippen molar-refractivity contribution in [3.63, 3.8) is 0 Å². The Hall–Kier alpha value is -2.04. The molecule has 120 valence electrons. The third kappa shape index (κ3) is 5.06. The van der Waals surface area contributed by atoms with Crippen molar-refractivity contribution in [2.45, 2.75) is 58.2 Å². The first-order valence-corrected chi connectivity index (χ1v) is 7.74. The minimum Gasteiger partial charge on any atom is -0.374 e. The van der Waals surface area contributed by atoms with Crippen molar-refractivity contribution in [3.05, 3.63) is 29.8 Å². The summed E-state index contributed by atoms with van der Waals surface area (Å²) in [6.45, 7) is 7.66. The summed E-state index contributed by atoms with van der Waals surface area (Å²) in [5, 5.41) is 9.02. The second-order valence-corrected chi connectivity index (χ2v) is 6.93. The van der Waals surface area contributed by atoms with Gasteiger partial charge in [0, 0.05) is 22.8 Å². The number of hydrogen-bond donors (Lipinski definition) is 3. The Morgan fingerprint density at radius 2 is 1.73 bits per heavy atom. The molecule has 1 unspecified atom stereocenters. The number of anilines is 1. The van der Waals surface area contributed by atoms with Crippen LogP contribution in [-0.2, 0) is 4.79 Å². The van der Waals surface area contributed by atoms with Crippen LogP contribution in [0.1, 0.15) is 50.9 Å². The Balaban J connectivity index is 1.89. The van der Waals surface area contributed by atoms with Crippen LogP contribution >= 0.6 is 0 Å². The van der Waals surface area contributed by atoms with E-state index in [-0.39, 0.29) is 23.4 Å². The van der Waals surface area contributed by atoms with E-state index in [0.29, 0.717) is 11.6 Å². The summed E-state index contributed by atoms with van der Waals surface area (Å²) in [5.74, 6) is -0.0874. The lowest BCUT2D eigenvalue weighted by atomic mass is 10.1. The zero-order valence-electron chi connectivity index (χ0n) is 13.7. The number of hydrogen-bond acceptors (Lipinski definition) is 3. The molecule has 1 saturated carbocycles. The maximum atomic E-state index is 12.0. The van der Waals surface area contributed by atoms with Crippen molar-refractivity contribution in [2.24, 2.45) is 0 Å². The molecule has 0 aliphatic heterocycles. The van der Waals surface area contributed by atoms with Crippen LogP contribution in [0.4, 0.5) is 5.69 Å². The molecule has 1 aliphatic carbocycles. The van der Waals surface area contributed by atoms with Crippen LogP contribution in [0.5, 0.6) is 0 Å². The highest BCUT2D eigenvalue weighted by molar-refractivity contribution is 5.95. The van der Waals surface area contributed by atoms with Crippen LogP contribution in [0, 0.1) is 0 Å². The second kappa shape index (κ2) is 6.38. The predicted octanol–water partition coefficient (Wildman–Crippen LogP) is 2.29. The Kier molecular flexibility index (Phi) is 4.74. The minimum absolute atomic E-state index is 0.0347. The van der Waals surface area contributed by atoms with E-state index >= 15 is 0 Å². The second-order valence-electron chi connectivity index (χ2n) is 6.93. The molecule has 1 aromatic carbocycles. The van der Waals surface area contributed by atoms with Crippen LogP contribution in [-0.4, -0.2) is 29.4 Å². The van der Waals surface area contributed by atoms with E-state index in [9.17, 15) is 9.59 Å². The van der Waals surface area contributed by atoms with Gasteiger partial charge in [-0.2, -0.15) is 0 Å². The molecular formula is C17H25N3O2. The van der Waals surface area contributed by atoms with E-state index in [0.717, 1.165) is 18.5 Å².